The number of Topliss-reactive ketones (excluding diaryl/α,β-unsaturated/α-hetero) is 1. The van der Waals surface area contributed by atoms with Crippen molar-refractivity contribution >= 4 is 21.7 Å². The maximum Gasteiger partial charge on any atom is 0.176 e. The largest absolute Gasteiger partial charge is 0.293 e. The Hall–Kier alpha value is -0.630. The smallest absolute Gasteiger partial charge is 0.176 e. The SMILES string of the molecule is CCCC(Br)C(=O)c1ccc2c(c1)CCC2. The highest BCUT2D eigenvalue weighted by Gasteiger charge is 2.18. The summed E-state index contributed by atoms with van der Waals surface area (Å²) >= 11 is 3.47. The van der Waals surface area contributed by atoms with Crippen LogP contribution in [-0.2, 0) is 12.8 Å². The van der Waals surface area contributed by atoms with Crippen LogP contribution in [0, 0.1) is 0 Å². The summed E-state index contributed by atoms with van der Waals surface area (Å²) in [7, 11) is 0. The summed E-state index contributed by atoms with van der Waals surface area (Å²) < 4.78 is 0. The third kappa shape index (κ3) is 2.37. The van der Waals surface area contributed by atoms with Gasteiger partial charge in [0.1, 0.15) is 0 Å². The van der Waals surface area contributed by atoms with E-state index in [0.29, 0.717) is 0 Å². The number of hydrogen-bond acceptors (Lipinski definition) is 1. The van der Waals surface area contributed by atoms with Crippen molar-refractivity contribution in [2.45, 2.75) is 43.9 Å². The Morgan fingerprint density at radius 1 is 1.38 bits per heavy atom. The number of benzene rings is 1. The first-order valence-electron chi connectivity index (χ1n) is 6.02. The van der Waals surface area contributed by atoms with E-state index in [9.17, 15) is 4.79 Å². The summed E-state index contributed by atoms with van der Waals surface area (Å²) in [5.41, 5.74) is 3.68. The molecule has 1 aromatic carbocycles. The summed E-state index contributed by atoms with van der Waals surface area (Å²) in [6.07, 6.45) is 5.50. The summed E-state index contributed by atoms with van der Waals surface area (Å²) in [5.74, 6) is 0.233. The van der Waals surface area contributed by atoms with Crippen LogP contribution in [0.3, 0.4) is 0 Å². The second-order valence-electron chi connectivity index (χ2n) is 4.46. The third-order valence-electron chi connectivity index (χ3n) is 3.21. The fraction of sp³-hybridized carbons (Fsp3) is 0.500. The van der Waals surface area contributed by atoms with E-state index in [1.165, 1.54) is 24.0 Å². The third-order valence-corrected chi connectivity index (χ3v) is 4.08. The molecule has 1 atom stereocenters. The summed E-state index contributed by atoms with van der Waals surface area (Å²) in [5, 5.41) is 0. The lowest BCUT2D eigenvalue weighted by Gasteiger charge is -2.08. The summed E-state index contributed by atoms with van der Waals surface area (Å²) in [6, 6.07) is 6.20. The Kier molecular flexibility index (Phi) is 3.80. The molecule has 0 heterocycles. The minimum Gasteiger partial charge on any atom is -0.293 e. The number of halogens is 1. The molecule has 0 fully saturated rings. The molecule has 0 radical (unpaired) electrons. The minimum atomic E-state index is -0.0167. The van der Waals surface area contributed by atoms with E-state index in [2.05, 4.69) is 35.0 Å². The Balaban J connectivity index is 2.18. The average molecular weight is 281 g/mol. The van der Waals surface area contributed by atoms with Gasteiger partial charge in [0.15, 0.2) is 5.78 Å². The van der Waals surface area contributed by atoms with Crippen molar-refractivity contribution in [3.8, 4) is 0 Å². The van der Waals surface area contributed by atoms with Gasteiger partial charge in [0.25, 0.3) is 0 Å². The van der Waals surface area contributed by atoms with Gasteiger partial charge in [-0.15, -0.1) is 0 Å². The van der Waals surface area contributed by atoms with Crippen LogP contribution in [0.25, 0.3) is 0 Å². The molecular weight excluding hydrogens is 264 g/mol. The molecule has 0 bridgehead atoms. The van der Waals surface area contributed by atoms with Crippen molar-refractivity contribution in [3.05, 3.63) is 34.9 Å². The fourth-order valence-corrected chi connectivity index (χ4v) is 3.01. The molecule has 86 valence electrons. The summed E-state index contributed by atoms with van der Waals surface area (Å²) in [4.78, 5) is 12.1. The number of carbonyl (C=O) groups is 1. The second-order valence-corrected chi connectivity index (χ2v) is 5.56. The lowest BCUT2D eigenvalue weighted by molar-refractivity contribution is 0.0988. The van der Waals surface area contributed by atoms with Gasteiger partial charge in [-0.05, 0) is 42.9 Å². The van der Waals surface area contributed by atoms with Crippen molar-refractivity contribution in [3.63, 3.8) is 0 Å². The van der Waals surface area contributed by atoms with Crippen LogP contribution in [0.4, 0.5) is 0 Å². The van der Waals surface area contributed by atoms with Gasteiger partial charge in [0.2, 0.25) is 0 Å². The number of ketones is 1. The standard InChI is InChI=1S/C14H17BrO/c1-2-4-13(15)14(16)12-8-7-10-5-3-6-11(10)9-12/h7-9,13H,2-6H2,1H3. The number of rotatable bonds is 4. The minimum absolute atomic E-state index is 0.0167. The van der Waals surface area contributed by atoms with Gasteiger partial charge in [-0.2, -0.15) is 0 Å². The molecular formula is C14H17BrO. The number of hydrogen-bond donors (Lipinski definition) is 0. The van der Waals surface area contributed by atoms with Crippen LogP contribution in [0.2, 0.25) is 0 Å². The average Bonchev–Trinajstić information content (AvgIpc) is 2.75. The van der Waals surface area contributed by atoms with Gasteiger partial charge in [0.05, 0.1) is 4.83 Å². The Bertz CT molecular complexity index is 398. The number of fused-ring (bicyclic) bond motifs is 1. The van der Waals surface area contributed by atoms with Gasteiger partial charge in [-0.1, -0.05) is 41.4 Å². The van der Waals surface area contributed by atoms with Crippen molar-refractivity contribution < 1.29 is 4.79 Å². The summed E-state index contributed by atoms with van der Waals surface area (Å²) in [6.45, 7) is 2.10. The molecule has 0 N–H and O–H groups in total. The van der Waals surface area contributed by atoms with E-state index in [4.69, 9.17) is 0 Å². The Morgan fingerprint density at radius 3 is 2.88 bits per heavy atom. The molecule has 1 nitrogen and oxygen atoms in total. The van der Waals surface area contributed by atoms with Crippen molar-refractivity contribution in [1.82, 2.24) is 0 Å². The highest BCUT2D eigenvalue weighted by Crippen LogP contribution is 2.24. The lowest BCUT2D eigenvalue weighted by Crippen LogP contribution is -2.14. The zero-order valence-corrected chi connectivity index (χ0v) is 11.2. The molecule has 16 heavy (non-hydrogen) atoms. The maximum atomic E-state index is 12.1. The monoisotopic (exact) mass is 280 g/mol. The highest BCUT2D eigenvalue weighted by atomic mass is 79.9. The fourth-order valence-electron chi connectivity index (χ4n) is 2.29. The van der Waals surface area contributed by atoms with E-state index in [-0.39, 0.29) is 10.6 Å². The number of carbonyl (C=O) groups excluding carboxylic acids is 1. The van der Waals surface area contributed by atoms with E-state index in [0.717, 1.165) is 24.8 Å². The molecule has 1 aliphatic carbocycles. The van der Waals surface area contributed by atoms with Gasteiger partial charge < -0.3 is 0 Å². The quantitative estimate of drug-likeness (QED) is 0.604. The van der Waals surface area contributed by atoms with Crippen LogP contribution < -0.4 is 0 Å². The molecule has 0 aliphatic heterocycles. The predicted octanol–water partition coefficient (Wildman–Crippen LogP) is 3.92. The van der Waals surface area contributed by atoms with Crippen molar-refractivity contribution in [1.29, 1.82) is 0 Å². The van der Waals surface area contributed by atoms with E-state index in [1.54, 1.807) is 0 Å². The maximum absolute atomic E-state index is 12.1. The predicted molar refractivity (Wildman–Crippen MR) is 70.4 cm³/mol. The molecule has 0 spiro atoms. The Morgan fingerprint density at radius 2 is 2.12 bits per heavy atom. The van der Waals surface area contributed by atoms with E-state index in [1.807, 2.05) is 6.07 Å². The van der Waals surface area contributed by atoms with Gasteiger partial charge in [0, 0.05) is 5.56 Å². The zero-order valence-electron chi connectivity index (χ0n) is 9.63. The molecule has 1 aliphatic rings. The van der Waals surface area contributed by atoms with Crippen LogP contribution in [0.5, 0.6) is 0 Å². The van der Waals surface area contributed by atoms with Gasteiger partial charge in [-0.25, -0.2) is 0 Å². The molecule has 2 rings (SSSR count). The van der Waals surface area contributed by atoms with Crippen LogP contribution in [0.1, 0.15) is 47.7 Å². The molecule has 2 heteroatoms. The topological polar surface area (TPSA) is 17.1 Å². The first kappa shape index (κ1) is 11.8. The second kappa shape index (κ2) is 5.13. The van der Waals surface area contributed by atoms with E-state index >= 15 is 0 Å². The van der Waals surface area contributed by atoms with Gasteiger partial charge in [-0.3, -0.25) is 4.79 Å². The van der Waals surface area contributed by atoms with Crippen molar-refractivity contribution in [2.24, 2.45) is 0 Å². The van der Waals surface area contributed by atoms with Crippen LogP contribution in [0.15, 0.2) is 18.2 Å². The van der Waals surface area contributed by atoms with Crippen LogP contribution >= 0.6 is 15.9 Å². The first-order valence-corrected chi connectivity index (χ1v) is 6.94. The molecule has 0 saturated carbocycles. The molecule has 1 unspecified atom stereocenters. The zero-order chi connectivity index (χ0) is 11.5. The number of aryl methyl sites for hydroxylation is 2. The van der Waals surface area contributed by atoms with Crippen molar-refractivity contribution in [2.75, 3.05) is 0 Å². The number of alkyl halides is 1. The molecule has 0 aromatic heterocycles. The normalized spacial score (nSPS) is 15.9. The first-order chi connectivity index (χ1) is 7.72. The van der Waals surface area contributed by atoms with E-state index < -0.39 is 0 Å². The van der Waals surface area contributed by atoms with Gasteiger partial charge >= 0.3 is 0 Å². The molecule has 0 amide bonds. The molecule has 0 saturated heterocycles. The van der Waals surface area contributed by atoms with Crippen LogP contribution in [-0.4, -0.2) is 10.6 Å². The Labute approximate surface area is 105 Å². The lowest BCUT2D eigenvalue weighted by atomic mass is 10.0. The highest BCUT2D eigenvalue weighted by molar-refractivity contribution is 9.10. The molecule has 1 aromatic rings.